The molecule has 1 unspecified atom stereocenters. The Morgan fingerprint density at radius 2 is 1.55 bits per heavy atom. The first kappa shape index (κ1) is 41.1. The Labute approximate surface area is 348 Å². The molecule has 15 heteroatoms. The molecule has 2 aromatic carbocycles. The van der Waals surface area contributed by atoms with Gasteiger partial charge in [0.15, 0.2) is 5.82 Å². The van der Waals surface area contributed by atoms with Crippen LogP contribution in [-0.4, -0.2) is 88.0 Å². The Bertz CT molecular complexity index is 2230. The average Bonchev–Trinajstić information content (AvgIpc) is 3.25. The van der Waals surface area contributed by atoms with E-state index in [1.54, 1.807) is 54.7 Å². The summed E-state index contributed by atoms with van der Waals surface area (Å²) in [5.41, 5.74) is 2.24. The van der Waals surface area contributed by atoms with Crippen molar-refractivity contribution in [2.45, 2.75) is 88.8 Å². The first-order valence-electron chi connectivity index (χ1n) is 21.4. The van der Waals surface area contributed by atoms with Crippen LogP contribution in [0.2, 0.25) is 0 Å². The predicted molar refractivity (Wildman–Crippen MR) is 226 cm³/mol. The van der Waals surface area contributed by atoms with Gasteiger partial charge >= 0.3 is 0 Å². The van der Waals surface area contributed by atoms with Crippen molar-refractivity contribution in [3.8, 4) is 16.9 Å². The zero-order chi connectivity index (χ0) is 41.6. The zero-order valence-electron chi connectivity index (χ0n) is 33.8. The number of pyridine rings is 1. The standard InChI is InChI=1S/C45H53F2N9O4/c46-36-26-34(49-38-12-14-40(57)52-44(38)60)11-13-39(36)55-22-17-30(18-23-55)28-54-20-15-29(16-21-54)24-41(58)50-32-7-9-33(10-8-32)51-45-48-27-37(47)43(53-45)31-4-3-5-35(25-31)56-19-2-1-6-42(56)59/h1-6,11,13,19,25-27,29-30,32-33,38,49H,7-10,12,14-18,20-24,28H2,(H,50,58)(H,48,51,53)(H,52,57,60)/t32-,33-,38?. The van der Waals surface area contributed by atoms with Crippen LogP contribution in [0.25, 0.3) is 16.9 Å². The summed E-state index contributed by atoms with van der Waals surface area (Å²) in [6.45, 7) is 4.56. The maximum absolute atomic E-state index is 15.2. The third-order valence-electron chi connectivity index (χ3n) is 12.6. The number of hydrogen-bond acceptors (Lipinski definition) is 10. The fourth-order valence-electron chi connectivity index (χ4n) is 9.18. The molecular weight excluding hydrogens is 769 g/mol. The number of nitrogens with one attached hydrogen (secondary N) is 4. The Morgan fingerprint density at radius 3 is 2.30 bits per heavy atom. The number of rotatable bonds is 12. The van der Waals surface area contributed by atoms with E-state index in [-0.39, 0.29) is 53.3 Å². The van der Waals surface area contributed by atoms with E-state index in [9.17, 15) is 23.6 Å². The van der Waals surface area contributed by atoms with Gasteiger partial charge in [0.25, 0.3) is 5.56 Å². The van der Waals surface area contributed by atoms with E-state index in [4.69, 9.17) is 0 Å². The van der Waals surface area contributed by atoms with Crippen LogP contribution >= 0.6 is 0 Å². The van der Waals surface area contributed by atoms with Gasteiger partial charge in [0.2, 0.25) is 23.7 Å². The summed E-state index contributed by atoms with van der Waals surface area (Å²) in [5, 5.41) is 12.0. The third-order valence-corrected chi connectivity index (χ3v) is 12.6. The lowest BCUT2D eigenvalue weighted by Crippen LogP contribution is -2.47. The van der Waals surface area contributed by atoms with Gasteiger partial charge in [-0.25, -0.2) is 18.7 Å². The topological polar surface area (TPSA) is 154 Å². The lowest BCUT2D eigenvalue weighted by Gasteiger charge is -2.38. The van der Waals surface area contributed by atoms with Crippen LogP contribution < -0.4 is 31.7 Å². The molecule has 3 saturated heterocycles. The summed E-state index contributed by atoms with van der Waals surface area (Å²) < 4.78 is 31.6. The molecule has 3 aliphatic heterocycles. The molecule has 4 aromatic rings. The molecule has 60 heavy (non-hydrogen) atoms. The SMILES string of the molecule is O=C1CCC(Nc2ccc(N3CCC(CN4CCC(CC(=O)N[C@H]5CC[C@H](Nc6ncc(F)c(-c7cccc(-n8ccccc8=O)c7)n6)CC5)CC4)CC3)c(F)c2)C(=O)N1. The minimum Gasteiger partial charge on any atom is -0.374 e. The Hall–Kier alpha value is -5.70. The average molecular weight is 822 g/mol. The first-order chi connectivity index (χ1) is 29.1. The fourth-order valence-corrected chi connectivity index (χ4v) is 9.18. The number of halogens is 2. The fraction of sp³-hybridized carbons (Fsp3) is 0.467. The number of hydrogen-bond donors (Lipinski definition) is 4. The highest BCUT2D eigenvalue weighted by Crippen LogP contribution is 2.31. The summed E-state index contributed by atoms with van der Waals surface area (Å²) >= 11 is 0. The van der Waals surface area contributed by atoms with Crippen molar-refractivity contribution >= 4 is 35.0 Å². The molecule has 0 radical (unpaired) electrons. The molecule has 1 saturated carbocycles. The molecule has 4 fully saturated rings. The minimum atomic E-state index is -0.552. The minimum absolute atomic E-state index is 0.103. The molecule has 5 heterocycles. The second kappa shape index (κ2) is 18.7. The number of benzene rings is 2. The smallest absolute Gasteiger partial charge is 0.255 e. The van der Waals surface area contributed by atoms with Gasteiger partial charge in [-0.1, -0.05) is 18.2 Å². The van der Waals surface area contributed by atoms with E-state index in [2.05, 4.69) is 41.0 Å². The van der Waals surface area contributed by atoms with Gasteiger partial charge in [-0.15, -0.1) is 0 Å². The Kier molecular flexibility index (Phi) is 12.8. The first-order valence-corrected chi connectivity index (χ1v) is 21.4. The van der Waals surface area contributed by atoms with Gasteiger partial charge in [-0.2, -0.15) is 0 Å². The van der Waals surface area contributed by atoms with E-state index in [0.717, 1.165) is 84.1 Å². The van der Waals surface area contributed by atoms with Crippen molar-refractivity contribution in [3.63, 3.8) is 0 Å². The second-order valence-electron chi connectivity index (χ2n) is 16.8. The highest BCUT2D eigenvalue weighted by Gasteiger charge is 2.30. The Morgan fingerprint density at radius 1 is 0.783 bits per heavy atom. The van der Waals surface area contributed by atoms with E-state index >= 15 is 4.39 Å². The summed E-state index contributed by atoms with van der Waals surface area (Å²) in [5.74, 6) is -0.146. The number of amides is 3. The number of carbonyl (C=O) groups excluding carboxylic acids is 3. The number of piperidine rings is 3. The summed E-state index contributed by atoms with van der Waals surface area (Å²) in [6, 6.07) is 16.7. The van der Waals surface area contributed by atoms with Crippen LogP contribution in [0.4, 0.5) is 26.1 Å². The maximum atomic E-state index is 15.2. The van der Waals surface area contributed by atoms with Crippen LogP contribution in [0.3, 0.4) is 0 Å². The number of carbonyl (C=O) groups is 3. The molecule has 1 atom stereocenters. The number of nitrogens with zero attached hydrogens (tertiary/aromatic N) is 5. The van der Waals surface area contributed by atoms with Crippen molar-refractivity contribution in [3.05, 3.63) is 95.0 Å². The number of imide groups is 1. The van der Waals surface area contributed by atoms with Crippen molar-refractivity contribution in [1.29, 1.82) is 0 Å². The highest BCUT2D eigenvalue weighted by molar-refractivity contribution is 6.01. The van der Waals surface area contributed by atoms with Crippen molar-refractivity contribution in [2.75, 3.05) is 48.3 Å². The molecule has 316 valence electrons. The van der Waals surface area contributed by atoms with Gasteiger partial charge in [0.1, 0.15) is 17.6 Å². The molecule has 0 spiro atoms. The van der Waals surface area contributed by atoms with E-state index < -0.39 is 11.9 Å². The van der Waals surface area contributed by atoms with E-state index in [1.807, 2.05) is 0 Å². The van der Waals surface area contributed by atoms with Crippen LogP contribution in [-0.2, 0) is 14.4 Å². The van der Waals surface area contributed by atoms with E-state index in [1.165, 1.54) is 22.9 Å². The van der Waals surface area contributed by atoms with Crippen LogP contribution in [0.5, 0.6) is 0 Å². The molecule has 13 nitrogen and oxygen atoms in total. The molecule has 4 aliphatic rings. The van der Waals surface area contributed by atoms with Gasteiger partial charge in [-0.3, -0.25) is 29.1 Å². The Balaban J connectivity index is 0.726. The van der Waals surface area contributed by atoms with Crippen LogP contribution in [0, 0.1) is 23.5 Å². The quantitative estimate of drug-likeness (QED) is 0.132. The molecule has 2 aromatic heterocycles. The number of anilines is 3. The third kappa shape index (κ3) is 10.2. The molecule has 0 bridgehead atoms. The van der Waals surface area contributed by atoms with Gasteiger partial charge < -0.3 is 25.8 Å². The molecular formula is C45H53F2N9O4. The van der Waals surface area contributed by atoms with Crippen molar-refractivity contribution < 1.29 is 23.2 Å². The van der Waals surface area contributed by atoms with E-state index in [0.29, 0.717) is 53.3 Å². The molecule has 1 aliphatic carbocycles. The second-order valence-corrected chi connectivity index (χ2v) is 16.8. The maximum Gasteiger partial charge on any atom is 0.255 e. The normalized spacial score (nSPS) is 22.0. The largest absolute Gasteiger partial charge is 0.374 e. The highest BCUT2D eigenvalue weighted by atomic mass is 19.1. The molecule has 4 N–H and O–H groups in total. The monoisotopic (exact) mass is 821 g/mol. The van der Waals surface area contributed by atoms with Crippen LogP contribution in [0.1, 0.15) is 70.6 Å². The van der Waals surface area contributed by atoms with Gasteiger partial charge in [-0.05, 0) is 119 Å². The lowest BCUT2D eigenvalue weighted by molar-refractivity contribution is -0.133. The number of likely N-dealkylation sites (tertiary alicyclic amines) is 1. The summed E-state index contributed by atoms with van der Waals surface area (Å²) in [6.07, 6.45) is 11.3. The van der Waals surface area contributed by atoms with Crippen molar-refractivity contribution in [1.82, 2.24) is 30.1 Å². The van der Waals surface area contributed by atoms with Crippen LogP contribution in [0.15, 0.2) is 77.9 Å². The van der Waals surface area contributed by atoms with Gasteiger partial charge in [0, 0.05) is 73.8 Å². The zero-order valence-corrected chi connectivity index (χ0v) is 33.8. The predicted octanol–water partition coefficient (Wildman–Crippen LogP) is 5.65. The molecule has 8 rings (SSSR count). The van der Waals surface area contributed by atoms with Gasteiger partial charge in [0.05, 0.1) is 11.9 Å². The number of aromatic nitrogens is 3. The molecule has 3 amide bonds. The summed E-state index contributed by atoms with van der Waals surface area (Å²) in [7, 11) is 0. The lowest BCUT2D eigenvalue weighted by atomic mass is 9.89. The summed E-state index contributed by atoms with van der Waals surface area (Å²) in [4.78, 5) is 62.3. The van der Waals surface area contributed by atoms with Crippen molar-refractivity contribution in [2.24, 2.45) is 11.8 Å².